The number of halogens is 14. The van der Waals surface area contributed by atoms with Crippen molar-refractivity contribution in [2.24, 2.45) is 0 Å². The third kappa shape index (κ3) is 16.0. The Balaban J connectivity index is 0.000000264. The van der Waals surface area contributed by atoms with Crippen LogP contribution in [0.3, 0.4) is 0 Å². The summed E-state index contributed by atoms with van der Waals surface area (Å²) < 4.78 is 192. The Morgan fingerprint density at radius 1 is 0.577 bits per heavy atom. The molecule has 4 N–H and O–H groups in total. The van der Waals surface area contributed by atoms with E-state index in [-0.39, 0.29) is 49.8 Å². The number of sulfone groups is 1. The van der Waals surface area contributed by atoms with Crippen LogP contribution in [0.15, 0.2) is 97.1 Å². The molecule has 0 saturated carbocycles. The van der Waals surface area contributed by atoms with Crippen LogP contribution in [0.2, 0.25) is 10.0 Å². The van der Waals surface area contributed by atoms with E-state index in [1.807, 2.05) is 0 Å². The van der Waals surface area contributed by atoms with E-state index in [0.717, 1.165) is 48.6 Å². The lowest BCUT2D eigenvalue weighted by Gasteiger charge is -2.26. The molecule has 2 fully saturated rings. The van der Waals surface area contributed by atoms with E-state index in [1.54, 1.807) is 10.6 Å². The third-order valence-corrected chi connectivity index (χ3v) is 14.0. The van der Waals surface area contributed by atoms with Gasteiger partial charge in [-0.1, -0.05) is 59.6 Å². The summed E-state index contributed by atoms with van der Waals surface area (Å²) in [7, 11) is -4.10. The van der Waals surface area contributed by atoms with Crippen molar-refractivity contribution in [1.29, 1.82) is 0 Å². The summed E-state index contributed by atoms with van der Waals surface area (Å²) in [6.07, 6.45) is -16.1. The van der Waals surface area contributed by atoms with Gasteiger partial charge in [0.2, 0.25) is 11.8 Å². The number of amides is 4. The summed E-state index contributed by atoms with van der Waals surface area (Å²) in [6, 6.07) is 6.98. The average molecular weight is 1090 g/mol. The highest BCUT2D eigenvalue weighted by molar-refractivity contribution is 7.92. The number of hydrogen-bond acceptors (Lipinski definition) is 7. The molecule has 11 nitrogen and oxygen atoms in total. The van der Waals surface area contributed by atoms with E-state index >= 15 is 0 Å². The number of rotatable bonds is 12. The molecule has 2 unspecified atom stereocenters. The Morgan fingerprint density at radius 3 is 1.28 bits per heavy atom. The van der Waals surface area contributed by atoms with E-state index < -0.39 is 109 Å². The van der Waals surface area contributed by atoms with E-state index in [0.29, 0.717) is 35.8 Å². The first-order chi connectivity index (χ1) is 32.8. The van der Waals surface area contributed by atoms with Gasteiger partial charge in [-0.3, -0.25) is 23.4 Å². The van der Waals surface area contributed by atoms with Crippen molar-refractivity contribution in [2.45, 2.75) is 48.9 Å². The van der Waals surface area contributed by atoms with Gasteiger partial charge in [-0.2, -0.15) is 52.7 Å². The van der Waals surface area contributed by atoms with Crippen molar-refractivity contribution in [2.75, 3.05) is 23.0 Å². The first-order valence-electron chi connectivity index (χ1n) is 20.0. The van der Waals surface area contributed by atoms with Crippen molar-refractivity contribution in [3.05, 3.63) is 152 Å². The predicted molar refractivity (Wildman–Crippen MR) is 237 cm³/mol. The second-order valence-electron chi connectivity index (χ2n) is 15.5. The molecule has 382 valence electrons. The Bertz CT molecular complexity index is 2850. The Kier molecular flexibility index (Phi) is 17.5. The molecule has 2 saturated heterocycles. The van der Waals surface area contributed by atoms with Gasteiger partial charge in [0.1, 0.15) is 0 Å². The quantitative estimate of drug-likeness (QED) is 0.0812. The van der Waals surface area contributed by atoms with Crippen molar-refractivity contribution in [3.8, 4) is 0 Å². The number of carbonyl (C=O) groups is 4. The first kappa shape index (κ1) is 56.0. The number of benzene rings is 4. The van der Waals surface area contributed by atoms with Gasteiger partial charge in [0.25, 0.3) is 11.8 Å². The van der Waals surface area contributed by atoms with Gasteiger partial charge >= 0.3 is 24.7 Å². The van der Waals surface area contributed by atoms with Crippen LogP contribution in [0.4, 0.5) is 52.7 Å². The molecule has 2 atom stereocenters. The fourth-order valence-electron chi connectivity index (χ4n) is 6.52. The highest BCUT2D eigenvalue weighted by Gasteiger charge is 2.44. The van der Waals surface area contributed by atoms with E-state index in [2.05, 4.69) is 10.6 Å². The lowest BCUT2D eigenvalue weighted by atomic mass is 10.0. The average Bonchev–Trinajstić information content (AvgIpc) is 3.23. The summed E-state index contributed by atoms with van der Waals surface area (Å²) >= 11 is 12.2. The molecule has 2 aliphatic rings. The van der Waals surface area contributed by atoms with Crippen molar-refractivity contribution >= 4 is 79.6 Å². The molecule has 2 heterocycles. The Labute approximate surface area is 407 Å². The molecule has 4 aromatic rings. The van der Waals surface area contributed by atoms with Gasteiger partial charge in [-0.25, -0.2) is 8.42 Å². The zero-order chi connectivity index (χ0) is 52.9. The standard InChI is InChI=1S/C22H17ClF6N2O4S.C22H17ClF6N2O3S/c23-17-8-12(4-6-16(17)20(33)30-15-10-36(34,35)11-15)5-7-18(32)31-19(22(27,28)29)13-2-1-3-14(9-13)21(24,25)26;23-17-8-12(4-6-16(17)20(33)30-15-10-35(34)11-15)5-7-18(32)31-19(22(27,28)29)13-2-1-3-14(9-13)21(24,25)26/h1-9,15,19H,10-11H2,(H,30,33)(H,31,32);1-9,15,19H,10-11H2,(H,30,33)(H,31,32)/b2*7-5+. The molecule has 4 aromatic carbocycles. The minimum absolute atomic E-state index is 0.0163. The topological polar surface area (TPSA) is 168 Å². The fourth-order valence-corrected chi connectivity index (χ4v) is 9.33. The maximum atomic E-state index is 13.5. The van der Waals surface area contributed by atoms with Gasteiger partial charge in [0.15, 0.2) is 21.9 Å². The van der Waals surface area contributed by atoms with Crippen molar-refractivity contribution in [3.63, 3.8) is 0 Å². The molecule has 4 amide bonds. The van der Waals surface area contributed by atoms with Gasteiger partial charge in [-0.15, -0.1) is 0 Å². The normalized spacial score (nSPS) is 18.0. The number of hydrogen-bond donors (Lipinski definition) is 4. The highest BCUT2D eigenvalue weighted by Crippen LogP contribution is 2.38. The summed E-state index contributed by atoms with van der Waals surface area (Å²) in [5, 5.41) is 8.43. The predicted octanol–water partition coefficient (Wildman–Crippen LogP) is 8.97. The van der Waals surface area contributed by atoms with Crippen LogP contribution in [0.5, 0.6) is 0 Å². The van der Waals surface area contributed by atoms with Crippen LogP contribution in [0.1, 0.15) is 66.2 Å². The van der Waals surface area contributed by atoms with Crippen LogP contribution in [-0.4, -0.2) is 83.7 Å². The maximum absolute atomic E-state index is 13.5. The maximum Gasteiger partial charge on any atom is 0.416 e. The van der Waals surface area contributed by atoms with E-state index in [9.17, 15) is 84.5 Å². The van der Waals surface area contributed by atoms with Crippen molar-refractivity contribution < 1.29 is 84.5 Å². The van der Waals surface area contributed by atoms with Gasteiger partial charge in [0, 0.05) is 34.5 Å². The van der Waals surface area contributed by atoms with Gasteiger partial charge < -0.3 is 21.3 Å². The van der Waals surface area contributed by atoms with Gasteiger partial charge in [0.05, 0.1) is 55.9 Å². The highest BCUT2D eigenvalue weighted by atomic mass is 35.5. The summed E-state index contributed by atoms with van der Waals surface area (Å²) in [4.78, 5) is 48.7. The van der Waals surface area contributed by atoms with Crippen molar-refractivity contribution in [1.82, 2.24) is 21.3 Å². The molecule has 0 radical (unpaired) electrons. The van der Waals surface area contributed by atoms with Crippen LogP contribution in [-0.2, 0) is 42.6 Å². The second-order valence-corrected chi connectivity index (χ2v) is 20.1. The van der Waals surface area contributed by atoms with Crippen LogP contribution >= 0.6 is 23.2 Å². The molecular weight excluding hydrogens is 1060 g/mol. The van der Waals surface area contributed by atoms with Crippen LogP contribution in [0, 0.1) is 0 Å². The molecule has 0 aliphatic carbocycles. The fraction of sp³-hybridized carbons (Fsp3) is 0.273. The molecule has 71 heavy (non-hydrogen) atoms. The molecule has 0 aromatic heterocycles. The lowest BCUT2D eigenvalue weighted by molar-refractivity contribution is -0.162. The SMILES string of the molecule is O=C(/C=C/c1ccc(C(=O)NC2CS(=O)(=O)C2)c(Cl)c1)NC(c1cccc(C(F)(F)F)c1)C(F)(F)F.O=C(/C=C/c1ccc(C(=O)NC2CS(=O)C2)c(Cl)c1)NC(c1cccc(C(F)(F)F)c1)C(F)(F)F. The monoisotopic (exact) mass is 1090 g/mol. The zero-order valence-electron chi connectivity index (χ0n) is 35.5. The molecular formula is C44H34Cl2F12N4O7S2. The number of alkyl halides is 12. The summed E-state index contributed by atoms with van der Waals surface area (Å²) in [5.74, 6) is -3.24. The van der Waals surface area contributed by atoms with E-state index in [1.165, 1.54) is 36.4 Å². The Morgan fingerprint density at radius 2 is 0.958 bits per heavy atom. The number of carbonyl (C=O) groups excluding carboxylic acids is 4. The zero-order valence-corrected chi connectivity index (χ0v) is 38.6. The molecule has 0 spiro atoms. The second kappa shape index (κ2) is 22.2. The molecule has 0 bridgehead atoms. The minimum Gasteiger partial charge on any atom is -0.347 e. The van der Waals surface area contributed by atoms with Crippen LogP contribution in [0.25, 0.3) is 12.2 Å². The van der Waals surface area contributed by atoms with E-state index in [4.69, 9.17) is 23.2 Å². The summed E-state index contributed by atoms with van der Waals surface area (Å²) in [5.41, 5.74) is -3.49. The third-order valence-electron chi connectivity index (χ3n) is 10.0. The summed E-state index contributed by atoms with van der Waals surface area (Å²) in [6.45, 7) is 0. The largest absolute Gasteiger partial charge is 0.416 e. The smallest absolute Gasteiger partial charge is 0.347 e. The first-order valence-corrected chi connectivity index (χ1v) is 24.1. The number of nitrogens with one attached hydrogen (secondary N) is 4. The molecule has 6 rings (SSSR count). The van der Waals surface area contributed by atoms with Gasteiger partial charge in [-0.05, 0) is 82.9 Å². The molecule has 2 aliphatic heterocycles. The Hall–Kier alpha value is -5.92. The minimum atomic E-state index is -5.08. The van der Waals surface area contributed by atoms with Crippen LogP contribution < -0.4 is 21.3 Å². The molecule has 27 heteroatoms. The lowest BCUT2D eigenvalue weighted by Crippen LogP contribution is -2.52.